The van der Waals surface area contributed by atoms with Gasteiger partial charge in [0.05, 0.1) is 6.04 Å². The van der Waals surface area contributed by atoms with Gasteiger partial charge in [-0.05, 0) is 62.5 Å². The van der Waals surface area contributed by atoms with Gasteiger partial charge >= 0.3 is 0 Å². The highest BCUT2D eigenvalue weighted by Gasteiger charge is 2.35. The molecule has 1 fully saturated rings. The van der Waals surface area contributed by atoms with Crippen LogP contribution in [-0.4, -0.2) is 48.9 Å². The zero-order valence-electron chi connectivity index (χ0n) is 23.1. The highest BCUT2D eigenvalue weighted by molar-refractivity contribution is 5.88. The van der Waals surface area contributed by atoms with E-state index in [-0.39, 0.29) is 35.7 Å². The molecule has 7 heteroatoms. The zero-order chi connectivity index (χ0) is 26.7. The van der Waals surface area contributed by atoms with Crippen molar-refractivity contribution in [1.29, 1.82) is 0 Å². The van der Waals surface area contributed by atoms with Crippen LogP contribution >= 0.6 is 0 Å². The summed E-state index contributed by atoms with van der Waals surface area (Å²) in [5, 5.41) is 9.30. The standard InChI is InChI=1S/C29H47N3O4/c1-7-25(33)27(23-14-15-23)31-18-21(6)36-26-13-9-8-11-22(26)12-10-16-30-29(35)24(17-19(2)3)32-28(34)20(4)5/h8-9,11,13,19-21,23-24,27,31H,7,10,12,14-18H2,1-6H3,(H,30,35)(H,32,34)/t21-,24-,27+/m1/s1. The summed E-state index contributed by atoms with van der Waals surface area (Å²) in [6.45, 7) is 12.8. The molecular weight excluding hydrogens is 454 g/mol. The quantitative estimate of drug-likeness (QED) is 0.280. The predicted octanol–water partition coefficient (Wildman–Crippen LogP) is 4.04. The minimum absolute atomic E-state index is 0.0512. The van der Waals surface area contributed by atoms with Crippen LogP contribution in [0, 0.1) is 17.8 Å². The smallest absolute Gasteiger partial charge is 0.242 e. The van der Waals surface area contributed by atoms with Gasteiger partial charge in [-0.1, -0.05) is 52.8 Å². The van der Waals surface area contributed by atoms with E-state index in [0.29, 0.717) is 37.8 Å². The number of rotatable bonds is 17. The van der Waals surface area contributed by atoms with E-state index < -0.39 is 6.04 Å². The summed E-state index contributed by atoms with van der Waals surface area (Å²) in [6.07, 6.45) is 4.88. The lowest BCUT2D eigenvalue weighted by Gasteiger charge is -2.22. The van der Waals surface area contributed by atoms with Crippen molar-refractivity contribution < 1.29 is 19.1 Å². The van der Waals surface area contributed by atoms with E-state index in [0.717, 1.165) is 37.0 Å². The fourth-order valence-corrected chi connectivity index (χ4v) is 4.22. The van der Waals surface area contributed by atoms with Crippen LogP contribution in [0.1, 0.15) is 79.2 Å². The first-order chi connectivity index (χ1) is 17.1. The van der Waals surface area contributed by atoms with Crippen molar-refractivity contribution in [3.63, 3.8) is 0 Å². The third-order valence-electron chi connectivity index (χ3n) is 6.50. The maximum absolute atomic E-state index is 12.7. The highest BCUT2D eigenvalue weighted by Crippen LogP contribution is 2.33. The molecule has 1 saturated carbocycles. The number of aryl methyl sites for hydroxylation is 1. The summed E-state index contributed by atoms with van der Waals surface area (Å²) in [7, 11) is 0. The van der Waals surface area contributed by atoms with Crippen LogP contribution in [0.4, 0.5) is 0 Å². The average Bonchev–Trinajstić information content (AvgIpc) is 3.67. The molecule has 1 aromatic carbocycles. The van der Waals surface area contributed by atoms with E-state index in [1.54, 1.807) is 0 Å². The maximum atomic E-state index is 12.7. The number of carbonyl (C=O) groups is 3. The number of ketones is 1. The number of carbonyl (C=O) groups excluding carboxylic acids is 3. The van der Waals surface area contributed by atoms with Gasteiger partial charge < -0.3 is 20.7 Å². The number of nitrogens with one attached hydrogen (secondary N) is 3. The highest BCUT2D eigenvalue weighted by atomic mass is 16.5. The minimum atomic E-state index is -0.511. The number of hydrogen-bond acceptors (Lipinski definition) is 5. The Morgan fingerprint density at radius 2 is 1.72 bits per heavy atom. The molecular formula is C29H47N3O4. The Bertz CT molecular complexity index is 851. The van der Waals surface area contributed by atoms with Gasteiger partial charge in [0.25, 0.3) is 0 Å². The van der Waals surface area contributed by atoms with Gasteiger partial charge in [0.15, 0.2) is 0 Å². The molecule has 0 aromatic heterocycles. The number of amides is 2. The van der Waals surface area contributed by atoms with E-state index in [2.05, 4.69) is 22.0 Å². The fourth-order valence-electron chi connectivity index (χ4n) is 4.22. The molecule has 7 nitrogen and oxygen atoms in total. The lowest BCUT2D eigenvalue weighted by atomic mass is 10.0. The van der Waals surface area contributed by atoms with Crippen LogP contribution in [-0.2, 0) is 20.8 Å². The van der Waals surface area contributed by atoms with Crippen LogP contribution in [0.2, 0.25) is 0 Å². The monoisotopic (exact) mass is 501 g/mol. The molecule has 0 spiro atoms. The molecule has 1 aliphatic rings. The summed E-state index contributed by atoms with van der Waals surface area (Å²) in [4.78, 5) is 37.1. The first-order valence-electron chi connectivity index (χ1n) is 13.7. The molecule has 202 valence electrons. The molecule has 0 radical (unpaired) electrons. The van der Waals surface area contributed by atoms with Gasteiger partial charge in [0.1, 0.15) is 23.7 Å². The first kappa shape index (κ1) is 29.8. The Morgan fingerprint density at radius 1 is 1.03 bits per heavy atom. The summed E-state index contributed by atoms with van der Waals surface area (Å²) >= 11 is 0. The molecule has 2 rings (SSSR count). The Hall–Kier alpha value is -2.41. The maximum Gasteiger partial charge on any atom is 0.242 e. The second-order valence-corrected chi connectivity index (χ2v) is 10.8. The first-order valence-corrected chi connectivity index (χ1v) is 13.7. The lowest BCUT2D eigenvalue weighted by Crippen LogP contribution is -2.48. The van der Waals surface area contributed by atoms with Crippen molar-refractivity contribution in [2.24, 2.45) is 17.8 Å². The molecule has 3 N–H and O–H groups in total. The van der Waals surface area contributed by atoms with Crippen molar-refractivity contribution >= 4 is 17.6 Å². The Balaban J connectivity index is 1.83. The van der Waals surface area contributed by atoms with E-state index in [4.69, 9.17) is 4.74 Å². The van der Waals surface area contributed by atoms with Gasteiger partial charge in [-0.2, -0.15) is 0 Å². The molecule has 0 aliphatic heterocycles. The zero-order valence-corrected chi connectivity index (χ0v) is 23.1. The summed E-state index contributed by atoms with van der Waals surface area (Å²) in [5.74, 6) is 1.51. The van der Waals surface area contributed by atoms with Crippen molar-refractivity contribution in [3.05, 3.63) is 29.8 Å². The SMILES string of the molecule is CCC(=O)[C@@H](NC[C@@H](C)Oc1ccccc1CCCNC(=O)[C@@H](CC(C)C)NC(=O)C(C)C)C1CC1. The van der Waals surface area contributed by atoms with Crippen molar-refractivity contribution in [3.8, 4) is 5.75 Å². The van der Waals surface area contributed by atoms with Crippen molar-refractivity contribution in [2.45, 2.75) is 98.3 Å². The van der Waals surface area contributed by atoms with Gasteiger partial charge in [-0.3, -0.25) is 14.4 Å². The van der Waals surface area contributed by atoms with Gasteiger partial charge in [0.2, 0.25) is 11.8 Å². The Kier molecular flexibility index (Phi) is 12.4. The minimum Gasteiger partial charge on any atom is -0.489 e. The van der Waals surface area contributed by atoms with E-state index in [1.165, 1.54) is 0 Å². The third-order valence-corrected chi connectivity index (χ3v) is 6.50. The lowest BCUT2D eigenvalue weighted by molar-refractivity contribution is -0.130. The molecule has 0 heterocycles. The number of ether oxygens (including phenoxy) is 1. The molecule has 0 unspecified atom stereocenters. The summed E-state index contributed by atoms with van der Waals surface area (Å²) < 4.78 is 6.23. The van der Waals surface area contributed by atoms with Gasteiger partial charge in [-0.25, -0.2) is 0 Å². The van der Waals surface area contributed by atoms with Gasteiger partial charge in [0, 0.05) is 25.4 Å². The second-order valence-electron chi connectivity index (χ2n) is 10.8. The second kappa shape index (κ2) is 15.0. The van der Waals surface area contributed by atoms with Crippen LogP contribution in [0.3, 0.4) is 0 Å². The summed E-state index contributed by atoms with van der Waals surface area (Å²) in [5.41, 5.74) is 1.09. The number of hydrogen-bond donors (Lipinski definition) is 3. The molecule has 1 aliphatic carbocycles. The summed E-state index contributed by atoms with van der Waals surface area (Å²) in [6, 6.07) is 7.41. The number of para-hydroxylation sites is 1. The third kappa shape index (κ3) is 10.3. The average molecular weight is 502 g/mol. The van der Waals surface area contributed by atoms with Crippen molar-refractivity contribution in [2.75, 3.05) is 13.1 Å². The van der Waals surface area contributed by atoms with Crippen LogP contribution in [0.5, 0.6) is 5.75 Å². The van der Waals surface area contributed by atoms with Crippen LogP contribution in [0.15, 0.2) is 24.3 Å². The van der Waals surface area contributed by atoms with Crippen LogP contribution < -0.4 is 20.7 Å². The molecule has 36 heavy (non-hydrogen) atoms. The van der Waals surface area contributed by atoms with Crippen molar-refractivity contribution in [1.82, 2.24) is 16.0 Å². The van der Waals surface area contributed by atoms with E-state index in [1.807, 2.05) is 59.7 Å². The Morgan fingerprint density at radius 3 is 2.33 bits per heavy atom. The molecule has 0 bridgehead atoms. The van der Waals surface area contributed by atoms with Gasteiger partial charge in [-0.15, -0.1) is 0 Å². The van der Waals surface area contributed by atoms with E-state index >= 15 is 0 Å². The largest absolute Gasteiger partial charge is 0.489 e. The normalized spacial score (nSPS) is 15.9. The predicted molar refractivity (Wildman–Crippen MR) is 144 cm³/mol. The van der Waals surface area contributed by atoms with E-state index in [9.17, 15) is 14.4 Å². The molecule has 2 amide bonds. The Labute approximate surface area is 217 Å². The number of benzene rings is 1. The molecule has 0 saturated heterocycles. The topological polar surface area (TPSA) is 96.5 Å². The number of Topliss-reactive ketones (excluding diaryl/α,β-unsaturated/α-hetero) is 1. The fraction of sp³-hybridized carbons (Fsp3) is 0.690. The molecule has 3 atom stereocenters. The molecule has 1 aromatic rings. The van der Waals surface area contributed by atoms with Crippen LogP contribution in [0.25, 0.3) is 0 Å².